The van der Waals surface area contributed by atoms with E-state index in [4.69, 9.17) is 20.0 Å². The van der Waals surface area contributed by atoms with E-state index in [-0.39, 0.29) is 0 Å². The summed E-state index contributed by atoms with van der Waals surface area (Å²) in [7, 11) is 0. The Bertz CT molecular complexity index is 350. The molecule has 0 amide bonds. The average Bonchev–Trinajstić information content (AvgIpc) is 2.70. The van der Waals surface area contributed by atoms with Gasteiger partial charge in [-0.3, -0.25) is 9.59 Å². The van der Waals surface area contributed by atoms with Crippen molar-refractivity contribution in [1.82, 2.24) is 0 Å². The summed E-state index contributed by atoms with van der Waals surface area (Å²) in [5.41, 5.74) is 0. The first kappa shape index (κ1) is 28.9. The molecule has 0 radical (unpaired) electrons. The van der Waals surface area contributed by atoms with Gasteiger partial charge in [0.25, 0.3) is 0 Å². The maximum atomic E-state index is 10.4. The van der Waals surface area contributed by atoms with Crippen LogP contribution in [-0.2, 0) is 19.4 Å². The number of hydrogen-bond acceptors (Lipinski definition) is 4. The molecular weight excluding hydrogens is 384 g/mol. The lowest BCUT2D eigenvalue weighted by Crippen LogP contribution is -1.99. The maximum Gasteiger partial charge on any atom is 0.303 e. The van der Waals surface area contributed by atoms with Gasteiger partial charge in [-0.05, 0) is 25.7 Å². The van der Waals surface area contributed by atoms with Crippen molar-refractivity contribution in [3.8, 4) is 0 Å². The van der Waals surface area contributed by atoms with Crippen LogP contribution in [-0.4, -0.2) is 35.4 Å². The molecule has 30 heavy (non-hydrogen) atoms. The zero-order valence-electron chi connectivity index (χ0n) is 19.1. The predicted molar refractivity (Wildman–Crippen MR) is 120 cm³/mol. The average molecular weight is 431 g/mol. The minimum Gasteiger partial charge on any atom is -0.481 e. The molecule has 0 saturated carbocycles. The van der Waals surface area contributed by atoms with Crippen molar-refractivity contribution in [3.63, 3.8) is 0 Å². The number of rotatable bonds is 25. The van der Waals surface area contributed by atoms with Crippen LogP contribution >= 0.6 is 0 Å². The third kappa shape index (κ3) is 26.9. The molecular formula is C24H46O6. The van der Waals surface area contributed by atoms with Crippen molar-refractivity contribution in [3.05, 3.63) is 0 Å². The van der Waals surface area contributed by atoms with Crippen molar-refractivity contribution >= 4 is 11.9 Å². The highest BCUT2D eigenvalue weighted by Gasteiger charge is 1.98. The second-order valence-electron chi connectivity index (χ2n) is 8.30. The van der Waals surface area contributed by atoms with Gasteiger partial charge in [0.1, 0.15) is 0 Å². The van der Waals surface area contributed by atoms with Gasteiger partial charge < -0.3 is 10.2 Å². The van der Waals surface area contributed by atoms with E-state index in [0.717, 1.165) is 51.4 Å². The summed E-state index contributed by atoms with van der Waals surface area (Å²) in [6.07, 6.45) is 20.9. The van der Waals surface area contributed by atoms with E-state index in [2.05, 4.69) is 0 Å². The van der Waals surface area contributed by atoms with Crippen LogP contribution < -0.4 is 0 Å². The molecule has 0 rings (SSSR count). The van der Waals surface area contributed by atoms with Crippen molar-refractivity contribution in [1.29, 1.82) is 0 Å². The molecule has 0 aliphatic heterocycles. The van der Waals surface area contributed by atoms with Gasteiger partial charge >= 0.3 is 11.9 Å². The summed E-state index contributed by atoms with van der Waals surface area (Å²) in [6.45, 7) is 1.36. The lowest BCUT2D eigenvalue weighted by Gasteiger charge is -2.05. The Morgan fingerprint density at radius 3 is 0.900 bits per heavy atom. The summed E-state index contributed by atoms with van der Waals surface area (Å²) >= 11 is 0. The fourth-order valence-corrected chi connectivity index (χ4v) is 3.47. The van der Waals surface area contributed by atoms with Crippen LogP contribution in [0.2, 0.25) is 0 Å². The first-order valence-electron chi connectivity index (χ1n) is 12.3. The molecule has 0 saturated heterocycles. The standard InChI is InChI=1S/C24H46O6/c25-23(26)19-15-11-7-3-1-5-9-13-17-21-29-30-22-18-14-10-6-2-4-8-12-16-20-24(27)28/h1-22H2,(H,25,26)(H,27,28). The van der Waals surface area contributed by atoms with Crippen molar-refractivity contribution < 1.29 is 29.6 Å². The van der Waals surface area contributed by atoms with Gasteiger partial charge in [-0.25, -0.2) is 9.78 Å². The Morgan fingerprint density at radius 1 is 0.400 bits per heavy atom. The highest BCUT2D eigenvalue weighted by molar-refractivity contribution is 5.66. The van der Waals surface area contributed by atoms with Gasteiger partial charge in [0, 0.05) is 12.8 Å². The molecule has 2 N–H and O–H groups in total. The molecule has 0 aromatic rings. The second-order valence-corrected chi connectivity index (χ2v) is 8.30. The van der Waals surface area contributed by atoms with E-state index < -0.39 is 11.9 Å². The zero-order chi connectivity index (χ0) is 22.1. The molecule has 0 bridgehead atoms. The molecule has 178 valence electrons. The lowest BCUT2D eigenvalue weighted by atomic mass is 10.1. The topological polar surface area (TPSA) is 93.1 Å². The van der Waals surface area contributed by atoms with Crippen LogP contribution in [0.15, 0.2) is 0 Å². The summed E-state index contributed by atoms with van der Waals surface area (Å²) in [5.74, 6) is -1.37. The van der Waals surface area contributed by atoms with E-state index in [1.807, 2.05) is 0 Å². The monoisotopic (exact) mass is 430 g/mol. The number of carboxylic acid groups (broad SMARTS) is 2. The quantitative estimate of drug-likeness (QED) is 0.0929. The minimum atomic E-state index is -0.684. The molecule has 6 heteroatoms. The fraction of sp³-hybridized carbons (Fsp3) is 0.917. The first-order valence-corrected chi connectivity index (χ1v) is 12.3. The highest BCUT2D eigenvalue weighted by atomic mass is 17.2. The van der Waals surface area contributed by atoms with Crippen molar-refractivity contribution in [2.75, 3.05) is 13.2 Å². The molecule has 6 nitrogen and oxygen atoms in total. The Balaban J connectivity index is 3.02. The van der Waals surface area contributed by atoms with Crippen LogP contribution in [0.1, 0.15) is 128 Å². The summed E-state index contributed by atoms with van der Waals surface area (Å²) in [5, 5.41) is 17.1. The Hall–Kier alpha value is -1.14. The molecule has 0 aromatic carbocycles. The van der Waals surface area contributed by atoms with Crippen LogP contribution in [0.25, 0.3) is 0 Å². The fourth-order valence-electron chi connectivity index (χ4n) is 3.47. The first-order chi connectivity index (χ1) is 14.6. The molecule has 0 aliphatic rings. The number of carbonyl (C=O) groups is 2. The minimum absolute atomic E-state index is 0.306. The molecule has 0 atom stereocenters. The smallest absolute Gasteiger partial charge is 0.303 e. The van der Waals surface area contributed by atoms with Gasteiger partial charge in [0.2, 0.25) is 0 Å². The van der Waals surface area contributed by atoms with E-state index in [1.54, 1.807) is 0 Å². The predicted octanol–water partition coefficient (Wildman–Crippen LogP) is 6.91. The summed E-state index contributed by atoms with van der Waals surface area (Å²) in [6, 6.07) is 0. The largest absolute Gasteiger partial charge is 0.481 e. The van der Waals surface area contributed by atoms with Gasteiger partial charge in [0.05, 0.1) is 13.2 Å². The van der Waals surface area contributed by atoms with Gasteiger partial charge in [-0.1, -0.05) is 89.9 Å². The van der Waals surface area contributed by atoms with Crippen LogP contribution in [0.3, 0.4) is 0 Å². The molecule has 0 unspecified atom stereocenters. The maximum absolute atomic E-state index is 10.4. The summed E-state index contributed by atoms with van der Waals surface area (Å²) in [4.78, 5) is 31.3. The molecule has 0 aliphatic carbocycles. The third-order valence-electron chi connectivity index (χ3n) is 5.32. The zero-order valence-corrected chi connectivity index (χ0v) is 19.1. The van der Waals surface area contributed by atoms with Gasteiger partial charge in [-0.2, -0.15) is 0 Å². The van der Waals surface area contributed by atoms with E-state index in [1.165, 1.54) is 64.2 Å². The van der Waals surface area contributed by atoms with Crippen LogP contribution in [0, 0.1) is 0 Å². The van der Waals surface area contributed by atoms with Gasteiger partial charge in [-0.15, -0.1) is 0 Å². The second kappa shape index (κ2) is 24.1. The number of carboxylic acids is 2. The van der Waals surface area contributed by atoms with E-state index >= 15 is 0 Å². The Kier molecular flexibility index (Phi) is 23.2. The van der Waals surface area contributed by atoms with Crippen LogP contribution in [0.4, 0.5) is 0 Å². The number of aliphatic carboxylic acids is 2. The summed E-state index contributed by atoms with van der Waals surface area (Å²) < 4.78 is 0. The number of unbranched alkanes of at least 4 members (excludes halogenated alkanes) is 16. The molecule has 0 spiro atoms. The van der Waals surface area contributed by atoms with E-state index in [0.29, 0.717) is 26.1 Å². The van der Waals surface area contributed by atoms with Crippen molar-refractivity contribution in [2.45, 2.75) is 128 Å². The molecule has 0 aromatic heterocycles. The molecule has 0 fully saturated rings. The normalized spacial score (nSPS) is 11.1. The van der Waals surface area contributed by atoms with Crippen molar-refractivity contribution in [2.24, 2.45) is 0 Å². The third-order valence-corrected chi connectivity index (χ3v) is 5.32. The molecule has 0 heterocycles. The highest BCUT2D eigenvalue weighted by Crippen LogP contribution is 2.12. The number of hydrogen-bond donors (Lipinski definition) is 2. The Morgan fingerprint density at radius 2 is 0.633 bits per heavy atom. The van der Waals surface area contributed by atoms with E-state index in [9.17, 15) is 9.59 Å². The van der Waals surface area contributed by atoms with Crippen LogP contribution in [0.5, 0.6) is 0 Å². The van der Waals surface area contributed by atoms with Gasteiger partial charge in [0.15, 0.2) is 0 Å². The lowest BCUT2D eigenvalue weighted by molar-refractivity contribution is -0.295. The SMILES string of the molecule is O=C(O)CCCCCCCCCCCOOCCCCCCCCCCCC(=O)O. The Labute approximate surface area is 183 Å².